The normalized spacial score (nSPS) is 19.0. The van der Waals surface area contributed by atoms with Crippen LogP contribution in [0.25, 0.3) is 0 Å². The van der Waals surface area contributed by atoms with Crippen molar-refractivity contribution in [2.75, 3.05) is 25.9 Å². The van der Waals surface area contributed by atoms with E-state index in [1.807, 2.05) is 0 Å². The number of sulfonamides is 1. The van der Waals surface area contributed by atoms with E-state index < -0.39 is 16.1 Å². The van der Waals surface area contributed by atoms with Gasteiger partial charge < -0.3 is 14.8 Å². The van der Waals surface area contributed by atoms with E-state index in [2.05, 4.69) is 5.32 Å². The lowest BCUT2D eigenvalue weighted by atomic mass is 9.97. The number of aryl methyl sites for hydroxylation is 1. The third kappa shape index (κ3) is 4.31. The summed E-state index contributed by atoms with van der Waals surface area (Å²) in [5.74, 6) is 0.747. The Morgan fingerprint density at radius 1 is 1.45 bits per heavy atom. The molecule has 0 spiro atoms. The maximum atomic E-state index is 12.1. The van der Waals surface area contributed by atoms with Crippen molar-refractivity contribution >= 4 is 15.9 Å². The molecule has 1 amide bonds. The van der Waals surface area contributed by atoms with E-state index in [-0.39, 0.29) is 18.4 Å². The van der Waals surface area contributed by atoms with Gasteiger partial charge in [-0.2, -0.15) is 0 Å². The standard InChI is InChI=1S/C14H22N2O5S/c1-10-3-4-13(21-10)12(17)9-15-14(18)11-5-7-16(8-6-11)22(2,19)20/h3-4,11-12,17H,5-9H2,1-2H3,(H,15,18). The van der Waals surface area contributed by atoms with Crippen molar-refractivity contribution in [2.24, 2.45) is 5.92 Å². The molecule has 0 aliphatic carbocycles. The summed E-state index contributed by atoms with van der Waals surface area (Å²) in [6.07, 6.45) is 1.28. The SMILES string of the molecule is Cc1ccc(C(O)CNC(=O)C2CCN(S(C)(=O)=O)CC2)o1. The van der Waals surface area contributed by atoms with Crippen molar-refractivity contribution in [1.82, 2.24) is 9.62 Å². The summed E-state index contributed by atoms with van der Waals surface area (Å²) < 4.78 is 29.5. The molecule has 0 aromatic carbocycles. The quantitative estimate of drug-likeness (QED) is 0.814. The highest BCUT2D eigenvalue weighted by atomic mass is 32.2. The van der Waals surface area contributed by atoms with Gasteiger partial charge in [-0.15, -0.1) is 0 Å². The van der Waals surface area contributed by atoms with Gasteiger partial charge in [-0.25, -0.2) is 12.7 Å². The number of aliphatic hydroxyl groups is 1. The summed E-state index contributed by atoms with van der Waals surface area (Å²) >= 11 is 0. The zero-order chi connectivity index (χ0) is 16.3. The summed E-state index contributed by atoms with van der Waals surface area (Å²) in [6, 6.07) is 3.43. The number of rotatable bonds is 5. The summed E-state index contributed by atoms with van der Waals surface area (Å²) in [4.78, 5) is 12.1. The van der Waals surface area contributed by atoms with Gasteiger partial charge in [0, 0.05) is 19.0 Å². The van der Waals surface area contributed by atoms with E-state index in [1.165, 1.54) is 10.6 Å². The largest absolute Gasteiger partial charge is 0.464 e. The van der Waals surface area contributed by atoms with E-state index in [0.29, 0.717) is 37.5 Å². The predicted molar refractivity (Wildman–Crippen MR) is 80.6 cm³/mol. The van der Waals surface area contributed by atoms with Crippen LogP contribution in [-0.4, -0.2) is 49.6 Å². The summed E-state index contributed by atoms with van der Waals surface area (Å²) in [5, 5.41) is 12.6. The van der Waals surface area contributed by atoms with Crippen LogP contribution >= 0.6 is 0 Å². The molecule has 22 heavy (non-hydrogen) atoms. The number of hydrogen-bond donors (Lipinski definition) is 2. The second-order valence-corrected chi connectivity index (χ2v) is 7.63. The van der Waals surface area contributed by atoms with E-state index >= 15 is 0 Å². The second-order valence-electron chi connectivity index (χ2n) is 5.65. The molecule has 0 saturated carbocycles. The summed E-state index contributed by atoms with van der Waals surface area (Å²) in [6.45, 7) is 2.58. The minimum absolute atomic E-state index is 0.0814. The van der Waals surface area contributed by atoms with E-state index in [9.17, 15) is 18.3 Å². The van der Waals surface area contributed by atoms with Gasteiger partial charge in [-0.3, -0.25) is 4.79 Å². The van der Waals surface area contributed by atoms with Crippen molar-refractivity contribution in [1.29, 1.82) is 0 Å². The Hall–Kier alpha value is -1.38. The van der Waals surface area contributed by atoms with Crippen molar-refractivity contribution in [3.63, 3.8) is 0 Å². The Labute approximate surface area is 130 Å². The maximum absolute atomic E-state index is 12.1. The molecular weight excluding hydrogens is 308 g/mol. The molecule has 7 nitrogen and oxygen atoms in total. The highest BCUT2D eigenvalue weighted by molar-refractivity contribution is 7.88. The van der Waals surface area contributed by atoms with Gasteiger partial charge in [0.05, 0.1) is 12.8 Å². The van der Waals surface area contributed by atoms with Crippen LogP contribution in [0.3, 0.4) is 0 Å². The van der Waals surface area contributed by atoms with E-state index in [0.717, 1.165) is 0 Å². The first-order valence-corrected chi connectivity index (χ1v) is 9.09. The molecule has 0 radical (unpaired) electrons. The average Bonchev–Trinajstić information content (AvgIpc) is 2.90. The van der Waals surface area contributed by atoms with Crippen LogP contribution < -0.4 is 5.32 Å². The molecule has 1 aromatic rings. The molecule has 1 saturated heterocycles. The van der Waals surface area contributed by atoms with Crippen molar-refractivity contribution in [2.45, 2.75) is 25.9 Å². The zero-order valence-electron chi connectivity index (χ0n) is 12.8. The molecule has 2 heterocycles. The molecule has 0 bridgehead atoms. The molecule has 2 N–H and O–H groups in total. The minimum atomic E-state index is -3.19. The molecule has 2 rings (SSSR count). The number of amides is 1. The van der Waals surface area contributed by atoms with Crippen LogP contribution in [0.5, 0.6) is 0 Å². The van der Waals surface area contributed by atoms with Gasteiger partial charge in [0.15, 0.2) is 0 Å². The summed E-state index contributed by atoms with van der Waals surface area (Å²) in [7, 11) is -3.19. The fourth-order valence-electron chi connectivity index (χ4n) is 2.52. The molecule has 1 aliphatic heterocycles. The van der Waals surface area contributed by atoms with Crippen LogP contribution in [0.1, 0.15) is 30.5 Å². The number of nitrogens with one attached hydrogen (secondary N) is 1. The molecule has 8 heteroatoms. The third-order valence-electron chi connectivity index (χ3n) is 3.85. The zero-order valence-corrected chi connectivity index (χ0v) is 13.6. The van der Waals surface area contributed by atoms with Crippen LogP contribution in [0, 0.1) is 12.8 Å². The smallest absolute Gasteiger partial charge is 0.223 e. The topological polar surface area (TPSA) is 99.9 Å². The van der Waals surface area contributed by atoms with E-state index in [4.69, 9.17) is 4.42 Å². The van der Waals surface area contributed by atoms with Crippen molar-refractivity contribution in [3.05, 3.63) is 23.7 Å². The molecule has 1 aliphatic rings. The Morgan fingerprint density at radius 3 is 2.59 bits per heavy atom. The molecular formula is C14H22N2O5S. The lowest BCUT2D eigenvalue weighted by Gasteiger charge is -2.29. The van der Waals surface area contributed by atoms with Crippen LogP contribution in [0.15, 0.2) is 16.5 Å². The number of nitrogens with zero attached hydrogens (tertiary/aromatic N) is 1. The van der Waals surface area contributed by atoms with Crippen molar-refractivity contribution in [3.8, 4) is 0 Å². The number of piperidine rings is 1. The van der Waals surface area contributed by atoms with Gasteiger partial charge in [0.1, 0.15) is 17.6 Å². The lowest BCUT2D eigenvalue weighted by Crippen LogP contribution is -2.43. The highest BCUT2D eigenvalue weighted by Gasteiger charge is 2.29. The van der Waals surface area contributed by atoms with Crippen LogP contribution in [0.2, 0.25) is 0 Å². The molecule has 1 atom stereocenters. The predicted octanol–water partition coefficient (Wildman–Crippen LogP) is 0.409. The van der Waals surface area contributed by atoms with Crippen LogP contribution in [-0.2, 0) is 14.8 Å². The number of furan rings is 1. The lowest BCUT2D eigenvalue weighted by molar-refractivity contribution is -0.126. The molecule has 1 fully saturated rings. The fraction of sp³-hybridized carbons (Fsp3) is 0.643. The molecule has 1 unspecified atom stereocenters. The Kier molecular flexibility index (Phi) is 5.25. The number of carbonyl (C=O) groups is 1. The average molecular weight is 330 g/mol. The fourth-order valence-corrected chi connectivity index (χ4v) is 3.40. The summed E-state index contributed by atoms with van der Waals surface area (Å²) in [5.41, 5.74) is 0. The third-order valence-corrected chi connectivity index (χ3v) is 5.16. The van der Waals surface area contributed by atoms with Gasteiger partial charge in [0.2, 0.25) is 15.9 Å². The van der Waals surface area contributed by atoms with Gasteiger partial charge in [-0.1, -0.05) is 0 Å². The van der Waals surface area contributed by atoms with Gasteiger partial charge in [0.25, 0.3) is 0 Å². The first-order valence-electron chi connectivity index (χ1n) is 7.24. The van der Waals surface area contributed by atoms with Crippen LogP contribution in [0.4, 0.5) is 0 Å². The number of carbonyl (C=O) groups excluding carboxylic acids is 1. The minimum Gasteiger partial charge on any atom is -0.464 e. The number of hydrogen-bond acceptors (Lipinski definition) is 5. The Balaban J connectivity index is 1.79. The van der Waals surface area contributed by atoms with Gasteiger partial charge >= 0.3 is 0 Å². The van der Waals surface area contributed by atoms with Gasteiger partial charge in [-0.05, 0) is 31.9 Å². The Morgan fingerprint density at radius 2 is 2.09 bits per heavy atom. The molecule has 1 aromatic heterocycles. The highest BCUT2D eigenvalue weighted by Crippen LogP contribution is 2.20. The Bertz CT molecular complexity index is 617. The van der Waals surface area contributed by atoms with E-state index in [1.54, 1.807) is 19.1 Å². The maximum Gasteiger partial charge on any atom is 0.223 e. The first-order chi connectivity index (χ1) is 10.3. The molecule has 124 valence electrons. The number of aliphatic hydroxyl groups excluding tert-OH is 1. The first kappa shape index (κ1) is 17.0. The van der Waals surface area contributed by atoms with Crippen molar-refractivity contribution < 1.29 is 22.7 Å². The second kappa shape index (κ2) is 6.80. The monoisotopic (exact) mass is 330 g/mol.